The zero-order valence-corrected chi connectivity index (χ0v) is 20.0. The Morgan fingerprint density at radius 3 is 2.86 bits per heavy atom. The monoisotopic (exact) mass is 492 g/mol. The fourth-order valence-corrected chi connectivity index (χ4v) is 5.88. The number of anilines is 2. The van der Waals surface area contributed by atoms with Gasteiger partial charge in [-0.25, -0.2) is 9.97 Å². The van der Waals surface area contributed by atoms with E-state index >= 15 is 0 Å². The molecule has 10 nitrogen and oxygen atoms in total. The second kappa shape index (κ2) is 7.99. The van der Waals surface area contributed by atoms with Gasteiger partial charge in [0, 0.05) is 12.8 Å². The molecule has 5 heterocycles. The van der Waals surface area contributed by atoms with E-state index in [1.165, 1.54) is 23.9 Å². The fraction of sp³-hybridized carbons (Fsp3) is 0.375. The quantitative estimate of drug-likeness (QED) is 0.543. The van der Waals surface area contributed by atoms with Crippen LogP contribution >= 0.6 is 11.3 Å². The number of nitrogens with one attached hydrogen (secondary N) is 2. The van der Waals surface area contributed by atoms with Crippen molar-refractivity contribution in [1.29, 1.82) is 0 Å². The topological polar surface area (TPSA) is 118 Å². The number of hydrogen-bond donors (Lipinski definition) is 2. The lowest BCUT2D eigenvalue weighted by atomic mass is 9.85. The first-order valence-corrected chi connectivity index (χ1v) is 12.4. The lowest BCUT2D eigenvalue weighted by Gasteiger charge is -2.39. The zero-order chi connectivity index (χ0) is 24.3. The van der Waals surface area contributed by atoms with Crippen LogP contribution in [0.2, 0.25) is 0 Å². The fourth-order valence-electron chi connectivity index (χ4n) is 4.93. The first-order chi connectivity index (χ1) is 16.9. The Bertz CT molecular complexity index is 1450. The summed E-state index contributed by atoms with van der Waals surface area (Å²) in [5.41, 5.74) is 0.534. The molecule has 0 aromatic carbocycles. The Kier molecular flexibility index (Phi) is 5.01. The number of nitrogens with zero attached hydrogens (tertiary/aromatic N) is 4. The molecule has 35 heavy (non-hydrogen) atoms. The van der Waals surface area contributed by atoms with E-state index in [2.05, 4.69) is 27.2 Å². The smallest absolute Gasteiger partial charge is 0.276 e. The van der Waals surface area contributed by atoms with Crippen LogP contribution in [-0.2, 0) is 10.4 Å². The summed E-state index contributed by atoms with van der Waals surface area (Å²) in [7, 11) is 0. The molecule has 180 valence electrons. The maximum atomic E-state index is 13.5. The van der Waals surface area contributed by atoms with Crippen molar-refractivity contribution in [3.05, 3.63) is 57.7 Å². The van der Waals surface area contributed by atoms with Crippen LogP contribution in [0.5, 0.6) is 0 Å². The minimum atomic E-state index is -0.632. The van der Waals surface area contributed by atoms with Crippen LogP contribution < -0.4 is 16.2 Å². The van der Waals surface area contributed by atoms with E-state index in [0.29, 0.717) is 51.0 Å². The molecule has 3 aromatic heterocycles. The molecule has 3 aliphatic rings. The average Bonchev–Trinajstić information content (AvgIpc) is 3.36. The lowest BCUT2D eigenvalue weighted by Crippen LogP contribution is -2.52. The normalized spacial score (nSPS) is 19.6. The molecule has 2 fully saturated rings. The van der Waals surface area contributed by atoms with Crippen molar-refractivity contribution in [2.75, 3.05) is 18.5 Å². The standard InChI is InChI=1S/C24H24N6O4S/c1-3-29(11-14-5-8-34-14)23(33)17-10-15-19(25-12-26-21(15)35-17)27-16-9-13(2)18-20(31)28-24(6-4-7-24)30(18)22(16)32/h3,9-10,12,14H,1,4-8,11H2,2H3,(H,28,31)(H,25,26,27)/t14-/m1/s1. The lowest BCUT2D eigenvalue weighted by molar-refractivity contribution is -0.0583. The van der Waals surface area contributed by atoms with Gasteiger partial charge in [0.2, 0.25) is 0 Å². The van der Waals surface area contributed by atoms with Gasteiger partial charge in [0.15, 0.2) is 0 Å². The van der Waals surface area contributed by atoms with Gasteiger partial charge in [-0.1, -0.05) is 6.58 Å². The Balaban J connectivity index is 1.35. The summed E-state index contributed by atoms with van der Waals surface area (Å²) < 4.78 is 7.05. The maximum absolute atomic E-state index is 13.5. The van der Waals surface area contributed by atoms with Crippen LogP contribution in [0.3, 0.4) is 0 Å². The molecule has 0 bridgehead atoms. The first-order valence-electron chi connectivity index (χ1n) is 11.6. The van der Waals surface area contributed by atoms with Crippen molar-refractivity contribution in [3.63, 3.8) is 0 Å². The summed E-state index contributed by atoms with van der Waals surface area (Å²) in [6.07, 6.45) is 6.28. The van der Waals surface area contributed by atoms with E-state index in [1.807, 2.05) is 6.92 Å². The molecule has 1 saturated carbocycles. The largest absolute Gasteiger partial charge is 0.376 e. The van der Waals surface area contributed by atoms with Gasteiger partial charge >= 0.3 is 0 Å². The molecule has 11 heteroatoms. The molecule has 2 aliphatic heterocycles. The summed E-state index contributed by atoms with van der Waals surface area (Å²) in [6.45, 7) is 6.75. The van der Waals surface area contributed by atoms with Gasteiger partial charge in [-0.2, -0.15) is 0 Å². The predicted molar refractivity (Wildman–Crippen MR) is 131 cm³/mol. The number of amides is 2. The second-order valence-electron chi connectivity index (χ2n) is 9.17. The van der Waals surface area contributed by atoms with E-state index in [9.17, 15) is 14.4 Å². The van der Waals surface area contributed by atoms with Gasteiger partial charge in [-0.05, 0) is 50.3 Å². The van der Waals surface area contributed by atoms with Crippen molar-refractivity contribution < 1.29 is 14.3 Å². The minimum Gasteiger partial charge on any atom is -0.376 e. The van der Waals surface area contributed by atoms with Gasteiger partial charge in [0.1, 0.15) is 34.0 Å². The molecule has 2 N–H and O–H groups in total. The molecule has 1 atom stereocenters. The second-order valence-corrected chi connectivity index (χ2v) is 10.2. The molecule has 6 rings (SSSR count). The summed E-state index contributed by atoms with van der Waals surface area (Å²) in [4.78, 5) is 50.5. The third-order valence-corrected chi connectivity index (χ3v) is 8.06. The number of aryl methyl sites for hydroxylation is 1. The third-order valence-electron chi connectivity index (χ3n) is 7.03. The zero-order valence-electron chi connectivity index (χ0n) is 19.2. The van der Waals surface area contributed by atoms with Crippen LogP contribution in [0, 0.1) is 6.92 Å². The molecule has 0 unspecified atom stereocenters. The Morgan fingerprint density at radius 1 is 1.40 bits per heavy atom. The van der Waals surface area contributed by atoms with Crippen LogP contribution in [0.15, 0.2) is 36.0 Å². The number of ether oxygens (including phenoxy) is 1. The molecular formula is C24H24N6O4S. The van der Waals surface area contributed by atoms with E-state index in [4.69, 9.17) is 4.74 Å². The Morgan fingerprint density at radius 2 is 2.20 bits per heavy atom. The Labute approximate surface area is 204 Å². The van der Waals surface area contributed by atoms with Crippen LogP contribution in [0.25, 0.3) is 10.2 Å². The highest BCUT2D eigenvalue weighted by molar-refractivity contribution is 7.20. The minimum absolute atomic E-state index is 0.0275. The van der Waals surface area contributed by atoms with Crippen LogP contribution in [-0.4, -0.2) is 50.5 Å². The van der Waals surface area contributed by atoms with Crippen molar-refractivity contribution >= 4 is 44.9 Å². The van der Waals surface area contributed by atoms with Crippen LogP contribution in [0.4, 0.5) is 11.5 Å². The number of aromatic nitrogens is 3. The van der Waals surface area contributed by atoms with Gasteiger partial charge < -0.3 is 20.3 Å². The SMILES string of the molecule is C=CN(C[C@H]1CCO1)C(=O)c1cc2c(Nc3cc(C)c4n(c3=O)C3(CCC3)NC4=O)ncnc2s1. The molecular weight excluding hydrogens is 468 g/mol. The molecule has 3 aromatic rings. The molecule has 1 spiro atoms. The number of rotatable bonds is 6. The molecule has 0 radical (unpaired) electrons. The average molecular weight is 493 g/mol. The van der Waals surface area contributed by atoms with Crippen molar-refractivity contribution in [1.82, 2.24) is 24.8 Å². The summed E-state index contributed by atoms with van der Waals surface area (Å²) >= 11 is 1.26. The van der Waals surface area contributed by atoms with Crippen molar-refractivity contribution in [2.45, 2.75) is 44.4 Å². The molecule has 1 saturated heterocycles. The number of hydrogen-bond acceptors (Lipinski definition) is 8. The van der Waals surface area contributed by atoms with Gasteiger partial charge in [0.05, 0.1) is 22.9 Å². The maximum Gasteiger partial charge on any atom is 0.276 e. The predicted octanol–water partition coefficient (Wildman–Crippen LogP) is 2.86. The number of carbonyl (C=O) groups excluding carboxylic acids is 2. The van der Waals surface area contributed by atoms with Gasteiger partial charge in [-0.3, -0.25) is 19.0 Å². The number of pyridine rings is 1. The highest BCUT2D eigenvalue weighted by Crippen LogP contribution is 2.41. The van der Waals surface area contributed by atoms with Crippen molar-refractivity contribution in [2.24, 2.45) is 0 Å². The summed E-state index contributed by atoms with van der Waals surface area (Å²) in [6, 6.07) is 3.41. The molecule has 1 aliphatic carbocycles. The third kappa shape index (κ3) is 3.37. The number of fused-ring (bicyclic) bond motifs is 3. The van der Waals surface area contributed by atoms with Crippen LogP contribution in [0.1, 0.15) is 51.4 Å². The van der Waals surface area contributed by atoms with Crippen molar-refractivity contribution in [3.8, 4) is 0 Å². The number of thiophene rings is 1. The van der Waals surface area contributed by atoms with E-state index in [-0.39, 0.29) is 23.5 Å². The van der Waals surface area contributed by atoms with E-state index in [0.717, 1.165) is 25.7 Å². The highest BCUT2D eigenvalue weighted by Gasteiger charge is 2.48. The van der Waals surface area contributed by atoms with E-state index in [1.54, 1.807) is 21.6 Å². The molecule has 2 amide bonds. The first kappa shape index (κ1) is 21.9. The van der Waals surface area contributed by atoms with E-state index < -0.39 is 5.66 Å². The highest BCUT2D eigenvalue weighted by atomic mass is 32.1. The Hall–Kier alpha value is -3.57. The number of carbonyl (C=O) groups is 2. The van der Waals surface area contributed by atoms with Gasteiger partial charge in [-0.15, -0.1) is 11.3 Å². The van der Waals surface area contributed by atoms with Gasteiger partial charge in [0.25, 0.3) is 17.4 Å². The summed E-state index contributed by atoms with van der Waals surface area (Å²) in [5, 5.41) is 6.79. The summed E-state index contributed by atoms with van der Waals surface area (Å²) in [5.74, 6) is 0.0273.